The van der Waals surface area contributed by atoms with Crippen LogP contribution in [-0.4, -0.2) is 58.4 Å². The van der Waals surface area contributed by atoms with E-state index in [4.69, 9.17) is 4.74 Å². The molecular weight excluding hydrogens is 366 g/mol. The van der Waals surface area contributed by atoms with Gasteiger partial charge in [0.2, 0.25) is 0 Å². The van der Waals surface area contributed by atoms with Gasteiger partial charge in [-0.1, -0.05) is 11.3 Å². The molecule has 2 aromatic heterocycles. The summed E-state index contributed by atoms with van der Waals surface area (Å²) in [5.41, 5.74) is 0.730. The maximum absolute atomic E-state index is 6.30. The predicted octanol–water partition coefficient (Wildman–Crippen LogP) is 2.11. The second-order valence-corrected chi connectivity index (χ2v) is 8.17. The lowest BCUT2D eigenvalue weighted by Crippen LogP contribution is -2.61. The third kappa shape index (κ3) is 2.01. The molecule has 4 fully saturated rings. The Labute approximate surface area is 140 Å². The second kappa shape index (κ2) is 4.83. The topological polar surface area (TPSA) is 54.4 Å². The third-order valence-corrected chi connectivity index (χ3v) is 6.52. The van der Waals surface area contributed by atoms with Crippen LogP contribution in [0.2, 0.25) is 0 Å². The van der Waals surface area contributed by atoms with Crippen molar-refractivity contribution in [3.63, 3.8) is 0 Å². The molecule has 4 saturated heterocycles. The molecule has 8 heteroatoms. The van der Waals surface area contributed by atoms with Crippen LogP contribution < -0.4 is 4.90 Å². The summed E-state index contributed by atoms with van der Waals surface area (Å²) in [4.78, 5) is 19.1. The van der Waals surface area contributed by atoms with Gasteiger partial charge in [-0.25, -0.2) is 9.97 Å². The van der Waals surface area contributed by atoms with Crippen molar-refractivity contribution >= 4 is 42.9 Å². The van der Waals surface area contributed by atoms with Gasteiger partial charge in [0, 0.05) is 6.54 Å². The van der Waals surface area contributed by atoms with Crippen LogP contribution in [0.1, 0.15) is 12.8 Å². The molecule has 0 aromatic carbocycles. The van der Waals surface area contributed by atoms with Crippen LogP contribution in [0.3, 0.4) is 0 Å². The van der Waals surface area contributed by atoms with E-state index >= 15 is 0 Å². The van der Waals surface area contributed by atoms with Crippen molar-refractivity contribution in [1.29, 1.82) is 0 Å². The summed E-state index contributed by atoms with van der Waals surface area (Å²) in [5, 5.41) is 0.974. The maximum atomic E-state index is 6.30. The maximum Gasteiger partial charge on any atom is 0.191 e. The molecular formula is C14H16BrN5OS. The summed E-state index contributed by atoms with van der Waals surface area (Å²) in [5.74, 6) is 0.697. The average molecular weight is 382 g/mol. The van der Waals surface area contributed by atoms with E-state index < -0.39 is 0 Å². The molecule has 4 aliphatic heterocycles. The van der Waals surface area contributed by atoms with Gasteiger partial charge in [0.05, 0.1) is 12.7 Å². The molecule has 1 atom stereocenters. The predicted molar refractivity (Wildman–Crippen MR) is 88.1 cm³/mol. The minimum Gasteiger partial charge on any atom is -0.351 e. The van der Waals surface area contributed by atoms with Crippen molar-refractivity contribution < 1.29 is 4.74 Å². The molecule has 116 valence electrons. The minimum absolute atomic E-state index is 0.00972. The zero-order valence-electron chi connectivity index (χ0n) is 12.0. The van der Waals surface area contributed by atoms with Crippen LogP contribution in [-0.2, 0) is 4.74 Å². The Morgan fingerprint density at radius 2 is 2.14 bits per heavy atom. The zero-order chi connectivity index (χ0) is 14.7. The van der Waals surface area contributed by atoms with Crippen molar-refractivity contribution in [2.75, 3.05) is 37.8 Å². The van der Waals surface area contributed by atoms with E-state index in [9.17, 15) is 0 Å². The smallest absolute Gasteiger partial charge is 0.191 e. The first kappa shape index (κ1) is 13.6. The molecule has 6 rings (SSSR count). The Kier molecular flexibility index (Phi) is 2.99. The highest BCUT2D eigenvalue weighted by Crippen LogP contribution is 2.43. The molecule has 0 saturated carbocycles. The van der Waals surface area contributed by atoms with E-state index in [0.717, 1.165) is 33.3 Å². The van der Waals surface area contributed by atoms with Gasteiger partial charge in [0.1, 0.15) is 16.9 Å². The Bertz CT molecular complexity index is 731. The summed E-state index contributed by atoms with van der Waals surface area (Å²) in [6.07, 6.45) is 4.23. The molecule has 0 N–H and O–H groups in total. The highest BCUT2D eigenvalue weighted by molar-refractivity contribution is 9.10. The molecule has 2 aromatic rings. The fourth-order valence-corrected chi connectivity index (χ4v) is 5.32. The van der Waals surface area contributed by atoms with Crippen molar-refractivity contribution in [2.24, 2.45) is 5.92 Å². The van der Waals surface area contributed by atoms with Crippen LogP contribution in [0, 0.1) is 5.92 Å². The van der Waals surface area contributed by atoms with Crippen molar-refractivity contribution in [3.8, 4) is 0 Å². The highest BCUT2D eigenvalue weighted by atomic mass is 79.9. The van der Waals surface area contributed by atoms with Gasteiger partial charge in [-0.15, -0.1) is 0 Å². The number of hydrogen-bond donors (Lipinski definition) is 0. The van der Waals surface area contributed by atoms with Gasteiger partial charge in [-0.05, 0) is 47.8 Å². The van der Waals surface area contributed by atoms with Crippen LogP contribution in [0.15, 0.2) is 10.8 Å². The Balaban J connectivity index is 1.44. The fraction of sp³-hybridized carbons (Fsp3) is 0.643. The molecule has 6 heterocycles. The minimum atomic E-state index is 0.00972. The SMILES string of the molecule is Brc1cnc2nc(N3CO[C@]4(CN5CCC4CC5)C3)sc2n1. The number of aromatic nitrogens is 3. The largest absolute Gasteiger partial charge is 0.351 e. The van der Waals surface area contributed by atoms with Crippen molar-refractivity contribution in [3.05, 3.63) is 10.8 Å². The van der Waals surface area contributed by atoms with Gasteiger partial charge in [0.25, 0.3) is 0 Å². The number of hydrogen-bond acceptors (Lipinski definition) is 7. The van der Waals surface area contributed by atoms with Crippen LogP contribution in [0.4, 0.5) is 5.13 Å². The number of piperidine rings is 3. The number of ether oxygens (including phenoxy) is 1. The number of anilines is 1. The standard InChI is InChI=1S/C14H16BrN5OS/c15-10-5-16-11-12(17-10)22-13(18-11)20-7-14(21-8-20)6-19-3-1-9(14)2-4-19/h5,9H,1-4,6-8H2/t14-/m1/s1. The van der Waals surface area contributed by atoms with E-state index in [-0.39, 0.29) is 5.60 Å². The summed E-state index contributed by atoms with van der Waals surface area (Å²) in [6, 6.07) is 0. The van der Waals surface area contributed by atoms with E-state index in [0.29, 0.717) is 12.6 Å². The van der Waals surface area contributed by atoms with Gasteiger partial charge >= 0.3 is 0 Å². The summed E-state index contributed by atoms with van der Waals surface area (Å²) >= 11 is 4.96. The molecule has 2 bridgehead atoms. The van der Waals surface area contributed by atoms with Crippen molar-refractivity contribution in [2.45, 2.75) is 18.4 Å². The molecule has 6 nitrogen and oxygen atoms in total. The fourth-order valence-electron chi connectivity index (χ4n) is 4.04. The molecule has 0 radical (unpaired) electrons. The molecule has 0 aliphatic carbocycles. The van der Waals surface area contributed by atoms with Crippen LogP contribution in [0.5, 0.6) is 0 Å². The van der Waals surface area contributed by atoms with Crippen molar-refractivity contribution in [1.82, 2.24) is 19.9 Å². The lowest BCUT2D eigenvalue weighted by atomic mass is 9.75. The number of thiazole rings is 1. The molecule has 0 unspecified atom stereocenters. The monoisotopic (exact) mass is 381 g/mol. The third-order valence-electron chi connectivity index (χ3n) is 5.14. The molecule has 0 amide bonds. The molecule has 22 heavy (non-hydrogen) atoms. The van der Waals surface area contributed by atoms with E-state index in [2.05, 4.69) is 40.7 Å². The number of halogens is 1. The normalized spacial score (nSPS) is 34.1. The first-order chi connectivity index (χ1) is 10.7. The summed E-state index contributed by atoms with van der Waals surface area (Å²) in [7, 11) is 0. The zero-order valence-corrected chi connectivity index (χ0v) is 14.4. The Hall–Kier alpha value is -0.830. The number of fused-ring (bicyclic) bond motifs is 3. The Morgan fingerprint density at radius 1 is 1.27 bits per heavy atom. The first-order valence-electron chi connectivity index (χ1n) is 7.62. The van der Waals surface area contributed by atoms with Gasteiger partial charge < -0.3 is 14.5 Å². The van der Waals surface area contributed by atoms with E-state index in [1.165, 1.54) is 25.9 Å². The lowest BCUT2D eigenvalue weighted by Gasteiger charge is -2.50. The lowest BCUT2D eigenvalue weighted by molar-refractivity contribution is -0.116. The highest BCUT2D eigenvalue weighted by Gasteiger charge is 2.52. The summed E-state index contributed by atoms with van der Waals surface area (Å²) < 4.78 is 7.05. The molecule has 4 aliphatic rings. The van der Waals surface area contributed by atoms with Gasteiger partial charge in [0.15, 0.2) is 15.6 Å². The van der Waals surface area contributed by atoms with Crippen LogP contribution in [0.25, 0.3) is 10.5 Å². The number of nitrogens with zero attached hydrogens (tertiary/aromatic N) is 5. The van der Waals surface area contributed by atoms with Gasteiger partial charge in [-0.2, -0.15) is 4.98 Å². The van der Waals surface area contributed by atoms with E-state index in [1.54, 1.807) is 17.5 Å². The second-order valence-electron chi connectivity index (χ2n) is 6.40. The number of rotatable bonds is 1. The summed E-state index contributed by atoms with van der Waals surface area (Å²) in [6.45, 7) is 5.11. The average Bonchev–Trinajstić information content (AvgIpc) is 3.12. The molecule has 1 spiro atoms. The van der Waals surface area contributed by atoms with Crippen LogP contribution >= 0.6 is 27.3 Å². The van der Waals surface area contributed by atoms with Gasteiger partial charge in [-0.3, -0.25) is 0 Å². The first-order valence-corrected chi connectivity index (χ1v) is 9.23. The Morgan fingerprint density at radius 3 is 2.91 bits per heavy atom. The van der Waals surface area contributed by atoms with E-state index in [1.807, 2.05) is 0 Å². The quantitative estimate of drug-likeness (QED) is 0.753.